The van der Waals surface area contributed by atoms with E-state index in [2.05, 4.69) is 48.1 Å². The van der Waals surface area contributed by atoms with E-state index in [1.165, 1.54) is 0 Å². The first-order valence-corrected chi connectivity index (χ1v) is 15.8. The van der Waals surface area contributed by atoms with Gasteiger partial charge in [0.05, 0.1) is 18.0 Å². The summed E-state index contributed by atoms with van der Waals surface area (Å²) in [5.41, 5.74) is 2.88. The number of hydrogen-bond acceptors (Lipinski definition) is 6. The molecule has 3 aliphatic heterocycles. The van der Waals surface area contributed by atoms with Crippen molar-refractivity contribution in [1.29, 1.82) is 0 Å². The molecule has 9 nitrogen and oxygen atoms in total. The van der Waals surface area contributed by atoms with Crippen LogP contribution in [0.2, 0.25) is 0 Å². The van der Waals surface area contributed by atoms with Gasteiger partial charge in [-0.2, -0.15) is 0 Å². The first kappa shape index (κ1) is 30.1. The van der Waals surface area contributed by atoms with Gasteiger partial charge >= 0.3 is 6.03 Å². The Morgan fingerprint density at radius 3 is 2.60 bits per heavy atom. The van der Waals surface area contributed by atoms with Gasteiger partial charge in [0.15, 0.2) is 5.69 Å². The van der Waals surface area contributed by atoms with Crippen LogP contribution in [0.5, 0.6) is 5.75 Å². The summed E-state index contributed by atoms with van der Waals surface area (Å²) in [6, 6.07) is 12.4. The number of urea groups is 1. The molecule has 5 rings (SSSR count). The van der Waals surface area contributed by atoms with Gasteiger partial charge in [0.1, 0.15) is 5.75 Å². The van der Waals surface area contributed by atoms with Gasteiger partial charge in [0, 0.05) is 56.4 Å². The minimum absolute atomic E-state index is 0.0590. The third-order valence-electron chi connectivity index (χ3n) is 8.98. The highest BCUT2D eigenvalue weighted by molar-refractivity contribution is 5.99. The van der Waals surface area contributed by atoms with Crippen LogP contribution in [0.1, 0.15) is 70.8 Å². The normalized spacial score (nSPS) is 22.9. The number of carbonyl (C=O) groups excluding carboxylic acids is 2. The van der Waals surface area contributed by atoms with Crippen molar-refractivity contribution in [3.8, 4) is 17.0 Å². The van der Waals surface area contributed by atoms with Crippen molar-refractivity contribution in [1.82, 2.24) is 25.4 Å². The van der Waals surface area contributed by atoms with E-state index in [1.54, 1.807) is 0 Å². The van der Waals surface area contributed by atoms with E-state index < -0.39 is 0 Å². The average molecular weight is 577 g/mol. The van der Waals surface area contributed by atoms with Gasteiger partial charge in [0.25, 0.3) is 5.91 Å². The maximum absolute atomic E-state index is 13.8. The summed E-state index contributed by atoms with van der Waals surface area (Å²) in [6.07, 6.45) is 3.88. The Kier molecular flexibility index (Phi) is 9.25. The topological polar surface area (TPSA) is 90.0 Å². The molecule has 4 heterocycles. The first-order chi connectivity index (χ1) is 20.2. The standard InChI is InChI=1S/C33H48N6O3/c1-6-24-22-37(32(41)39-18-10-13-29(39)33(3,4)5)19-20-38(24)27-15-14-26(25-11-8-9-12-28(25)42-7-2)36-30(27)31(40)35-23-16-17-34-21-23/h8-9,11-12,14-15,23-24,29,34H,6-7,10,13,16-22H2,1-5H3,(H,35,40)/t23-,24-,29+/m1/s1. The Morgan fingerprint density at radius 1 is 1.07 bits per heavy atom. The number of ether oxygens (including phenoxy) is 1. The number of para-hydroxylation sites is 1. The number of rotatable bonds is 7. The van der Waals surface area contributed by atoms with Crippen molar-refractivity contribution in [3.63, 3.8) is 0 Å². The number of aromatic nitrogens is 1. The van der Waals surface area contributed by atoms with Crippen LogP contribution in [0.4, 0.5) is 10.5 Å². The molecule has 2 aromatic rings. The van der Waals surface area contributed by atoms with Crippen LogP contribution in [0.25, 0.3) is 11.3 Å². The van der Waals surface area contributed by atoms with Crippen molar-refractivity contribution in [2.24, 2.45) is 5.41 Å². The second-order valence-corrected chi connectivity index (χ2v) is 12.9. The summed E-state index contributed by atoms with van der Waals surface area (Å²) in [5, 5.41) is 6.55. The molecular weight excluding hydrogens is 528 g/mol. The van der Waals surface area contributed by atoms with E-state index >= 15 is 0 Å². The van der Waals surface area contributed by atoms with Crippen molar-refractivity contribution in [2.75, 3.05) is 50.8 Å². The number of carbonyl (C=O) groups is 2. The predicted octanol–water partition coefficient (Wildman–Crippen LogP) is 4.77. The molecule has 0 radical (unpaired) electrons. The van der Waals surface area contributed by atoms with Gasteiger partial charge in [-0.3, -0.25) is 4.79 Å². The van der Waals surface area contributed by atoms with Gasteiger partial charge in [-0.15, -0.1) is 0 Å². The number of pyridine rings is 1. The van der Waals surface area contributed by atoms with Crippen molar-refractivity contribution < 1.29 is 14.3 Å². The molecule has 3 amide bonds. The molecule has 3 saturated heterocycles. The van der Waals surface area contributed by atoms with Crippen LogP contribution < -0.4 is 20.3 Å². The molecule has 0 aliphatic carbocycles. The summed E-state index contributed by atoms with van der Waals surface area (Å²) in [4.78, 5) is 39.0. The maximum Gasteiger partial charge on any atom is 0.320 e. The fourth-order valence-corrected chi connectivity index (χ4v) is 6.77. The molecule has 0 saturated carbocycles. The lowest BCUT2D eigenvalue weighted by molar-refractivity contribution is 0.0933. The Morgan fingerprint density at radius 2 is 1.88 bits per heavy atom. The highest BCUT2D eigenvalue weighted by Gasteiger charge is 2.40. The van der Waals surface area contributed by atoms with E-state index in [9.17, 15) is 9.59 Å². The monoisotopic (exact) mass is 576 g/mol. The lowest BCUT2D eigenvalue weighted by Crippen LogP contribution is -2.59. The van der Waals surface area contributed by atoms with Crippen LogP contribution in [-0.2, 0) is 0 Å². The van der Waals surface area contributed by atoms with Crippen LogP contribution in [0.15, 0.2) is 36.4 Å². The van der Waals surface area contributed by atoms with E-state index in [0.29, 0.717) is 37.6 Å². The van der Waals surface area contributed by atoms with E-state index in [1.807, 2.05) is 48.2 Å². The SMILES string of the molecule is CCOc1ccccc1-c1ccc(N2CCN(C(=O)N3CCC[C@H]3C(C)(C)C)C[C@H]2CC)c(C(=O)N[C@@H]2CCNC2)n1. The number of piperazine rings is 1. The zero-order valence-electron chi connectivity index (χ0n) is 26.0. The molecular formula is C33H48N6O3. The Balaban J connectivity index is 1.43. The van der Waals surface area contributed by atoms with Crippen LogP contribution in [0.3, 0.4) is 0 Å². The molecule has 3 atom stereocenters. The summed E-state index contributed by atoms with van der Waals surface area (Å²) >= 11 is 0. The Hall–Kier alpha value is -3.33. The number of benzene rings is 1. The summed E-state index contributed by atoms with van der Waals surface area (Å²) in [6.45, 7) is 15.7. The van der Waals surface area contributed by atoms with Crippen molar-refractivity contribution >= 4 is 17.6 Å². The predicted molar refractivity (Wildman–Crippen MR) is 167 cm³/mol. The Bertz CT molecular complexity index is 1250. The third-order valence-corrected chi connectivity index (χ3v) is 8.98. The summed E-state index contributed by atoms with van der Waals surface area (Å²) < 4.78 is 5.88. The lowest BCUT2D eigenvalue weighted by atomic mass is 9.85. The van der Waals surface area contributed by atoms with E-state index in [0.717, 1.165) is 62.3 Å². The molecule has 228 valence electrons. The number of amides is 3. The van der Waals surface area contributed by atoms with Gasteiger partial charge in [0.2, 0.25) is 0 Å². The Labute approximate surface area is 251 Å². The third kappa shape index (κ3) is 6.36. The van der Waals surface area contributed by atoms with Crippen LogP contribution in [-0.4, -0.2) is 90.7 Å². The minimum atomic E-state index is -0.159. The van der Waals surface area contributed by atoms with Gasteiger partial charge in [-0.05, 0) is 68.8 Å². The molecule has 1 aromatic heterocycles. The number of nitrogens with zero attached hydrogens (tertiary/aromatic N) is 4. The van der Waals surface area contributed by atoms with Crippen LogP contribution >= 0.6 is 0 Å². The highest BCUT2D eigenvalue weighted by atomic mass is 16.5. The molecule has 0 spiro atoms. The number of hydrogen-bond donors (Lipinski definition) is 2. The second-order valence-electron chi connectivity index (χ2n) is 12.9. The summed E-state index contributed by atoms with van der Waals surface area (Å²) in [5.74, 6) is 0.591. The van der Waals surface area contributed by atoms with Gasteiger partial charge < -0.3 is 30.1 Å². The zero-order valence-corrected chi connectivity index (χ0v) is 26.0. The molecule has 9 heteroatoms. The van der Waals surface area contributed by atoms with Gasteiger partial charge in [-0.25, -0.2) is 9.78 Å². The molecule has 3 aliphatic rings. The minimum Gasteiger partial charge on any atom is -0.493 e. The average Bonchev–Trinajstić information content (AvgIpc) is 3.69. The first-order valence-electron chi connectivity index (χ1n) is 15.8. The number of likely N-dealkylation sites (tertiary alicyclic amines) is 1. The fraction of sp³-hybridized carbons (Fsp3) is 0.606. The molecule has 42 heavy (non-hydrogen) atoms. The molecule has 3 fully saturated rings. The highest BCUT2D eigenvalue weighted by Crippen LogP contribution is 2.35. The van der Waals surface area contributed by atoms with Crippen molar-refractivity contribution in [2.45, 2.75) is 78.4 Å². The van der Waals surface area contributed by atoms with E-state index in [-0.39, 0.29) is 35.5 Å². The smallest absolute Gasteiger partial charge is 0.320 e. The largest absolute Gasteiger partial charge is 0.493 e. The number of nitrogens with one attached hydrogen (secondary N) is 2. The number of anilines is 1. The molecule has 2 N–H and O–H groups in total. The second kappa shape index (κ2) is 12.9. The van der Waals surface area contributed by atoms with Crippen LogP contribution in [0, 0.1) is 5.41 Å². The molecule has 0 bridgehead atoms. The van der Waals surface area contributed by atoms with Gasteiger partial charge in [-0.1, -0.05) is 39.8 Å². The van der Waals surface area contributed by atoms with E-state index in [4.69, 9.17) is 9.72 Å². The zero-order chi connectivity index (χ0) is 29.9. The fourth-order valence-electron chi connectivity index (χ4n) is 6.77. The quantitative estimate of drug-likeness (QED) is 0.494. The summed E-state index contributed by atoms with van der Waals surface area (Å²) in [7, 11) is 0. The maximum atomic E-state index is 13.8. The van der Waals surface area contributed by atoms with Crippen molar-refractivity contribution in [3.05, 3.63) is 42.1 Å². The molecule has 0 unspecified atom stereocenters. The molecule has 1 aromatic carbocycles. The lowest BCUT2D eigenvalue weighted by Gasteiger charge is -2.45.